The van der Waals surface area contributed by atoms with E-state index in [0.717, 1.165) is 12.8 Å². The van der Waals surface area contributed by atoms with E-state index in [2.05, 4.69) is 6.92 Å². The van der Waals surface area contributed by atoms with Crippen molar-refractivity contribution in [3.63, 3.8) is 0 Å². The molecule has 2 heterocycles. The highest BCUT2D eigenvalue weighted by Gasteiger charge is 2.44. The van der Waals surface area contributed by atoms with E-state index in [4.69, 9.17) is 10.5 Å². The van der Waals surface area contributed by atoms with Crippen molar-refractivity contribution < 1.29 is 19.4 Å². The number of piperidine rings is 1. The molecule has 0 aromatic rings. The minimum Gasteiger partial charge on any atom is -0.480 e. The van der Waals surface area contributed by atoms with Crippen LogP contribution in [0.15, 0.2) is 0 Å². The Morgan fingerprint density at radius 2 is 2.05 bits per heavy atom. The summed E-state index contributed by atoms with van der Waals surface area (Å²) in [5, 5.41) is 9.39. The molecule has 0 aromatic carbocycles. The van der Waals surface area contributed by atoms with Crippen LogP contribution in [-0.4, -0.2) is 53.2 Å². The lowest BCUT2D eigenvalue weighted by atomic mass is 9.84. The van der Waals surface area contributed by atoms with Gasteiger partial charge in [0, 0.05) is 19.8 Å². The van der Waals surface area contributed by atoms with Crippen LogP contribution in [0.2, 0.25) is 0 Å². The number of ether oxygens (including phenoxy) is 1. The topological polar surface area (TPSA) is 92.9 Å². The van der Waals surface area contributed by atoms with Gasteiger partial charge in [-0.25, -0.2) is 4.79 Å². The quantitative estimate of drug-likeness (QED) is 0.791. The van der Waals surface area contributed by atoms with Crippen molar-refractivity contribution in [3.8, 4) is 0 Å². The van der Waals surface area contributed by atoms with Crippen LogP contribution in [0.1, 0.15) is 39.0 Å². The van der Waals surface area contributed by atoms with Gasteiger partial charge in [-0.3, -0.25) is 4.79 Å². The first-order valence-electron chi connectivity index (χ1n) is 7.38. The molecule has 1 amide bonds. The summed E-state index contributed by atoms with van der Waals surface area (Å²) in [5.74, 6) is -0.765. The molecule has 0 aliphatic carbocycles. The summed E-state index contributed by atoms with van der Waals surface area (Å²) in [5.41, 5.74) is 5.25. The number of amides is 1. The Bertz CT molecular complexity index is 379. The fourth-order valence-corrected chi connectivity index (χ4v) is 3.12. The third kappa shape index (κ3) is 2.96. The van der Waals surface area contributed by atoms with E-state index in [1.807, 2.05) is 0 Å². The van der Waals surface area contributed by atoms with Gasteiger partial charge in [-0.1, -0.05) is 13.3 Å². The number of carbonyl (C=O) groups excluding carboxylic acids is 1. The molecule has 0 saturated carbocycles. The van der Waals surface area contributed by atoms with Crippen molar-refractivity contribution in [3.05, 3.63) is 0 Å². The van der Waals surface area contributed by atoms with Crippen molar-refractivity contribution in [2.45, 2.75) is 50.6 Å². The fraction of sp³-hybridized carbons (Fsp3) is 0.857. The molecule has 2 aliphatic rings. The molecule has 6 heteroatoms. The molecule has 2 saturated heterocycles. The number of nitrogens with zero attached hydrogens (tertiary/aromatic N) is 1. The lowest BCUT2D eigenvalue weighted by Gasteiger charge is -2.42. The van der Waals surface area contributed by atoms with E-state index >= 15 is 0 Å². The Kier molecular flexibility index (Phi) is 4.65. The van der Waals surface area contributed by atoms with Crippen LogP contribution in [0.5, 0.6) is 0 Å². The van der Waals surface area contributed by atoms with E-state index in [1.54, 1.807) is 0 Å². The summed E-state index contributed by atoms with van der Waals surface area (Å²) in [4.78, 5) is 25.6. The van der Waals surface area contributed by atoms with Gasteiger partial charge in [0.2, 0.25) is 5.91 Å². The monoisotopic (exact) mass is 284 g/mol. The zero-order valence-electron chi connectivity index (χ0n) is 12.0. The van der Waals surface area contributed by atoms with Crippen LogP contribution in [0.4, 0.5) is 0 Å². The van der Waals surface area contributed by atoms with Crippen molar-refractivity contribution >= 4 is 11.9 Å². The highest BCUT2D eigenvalue weighted by molar-refractivity contribution is 5.90. The number of nitrogens with two attached hydrogens (primary N) is 1. The molecule has 114 valence electrons. The van der Waals surface area contributed by atoms with Crippen molar-refractivity contribution in [2.24, 2.45) is 11.7 Å². The van der Waals surface area contributed by atoms with Gasteiger partial charge in [0.1, 0.15) is 6.04 Å². The first kappa shape index (κ1) is 15.3. The molecule has 0 bridgehead atoms. The molecule has 3 N–H and O–H groups in total. The zero-order chi connectivity index (χ0) is 14.8. The second kappa shape index (κ2) is 6.10. The van der Waals surface area contributed by atoms with E-state index in [0.29, 0.717) is 44.9 Å². The van der Waals surface area contributed by atoms with Crippen LogP contribution in [0.3, 0.4) is 0 Å². The maximum absolute atomic E-state index is 12.7. The molecular formula is C14H24N2O4. The number of carboxylic acids is 1. The highest BCUT2D eigenvalue weighted by Crippen LogP contribution is 2.29. The highest BCUT2D eigenvalue weighted by atomic mass is 16.5. The average molecular weight is 284 g/mol. The largest absolute Gasteiger partial charge is 0.480 e. The molecule has 0 aromatic heterocycles. The minimum atomic E-state index is -0.953. The molecule has 2 aliphatic heterocycles. The van der Waals surface area contributed by atoms with Crippen LogP contribution >= 0.6 is 0 Å². The van der Waals surface area contributed by atoms with E-state index in [-0.39, 0.29) is 5.91 Å². The summed E-state index contributed by atoms with van der Waals surface area (Å²) in [6.07, 6.45) is 3.27. The third-order valence-corrected chi connectivity index (χ3v) is 4.65. The van der Waals surface area contributed by atoms with Gasteiger partial charge in [0.25, 0.3) is 0 Å². The Hall–Kier alpha value is -1.14. The Labute approximate surface area is 119 Å². The zero-order valence-corrected chi connectivity index (χ0v) is 12.0. The summed E-state index contributed by atoms with van der Waals surface area (Å²) < 4.78 is 5.24. The normalized spacial score (nSPS) is 30.0. The molecule has 2 atom stereocenters. The van der Waals surface area contributed by atoms with E-state index < -0.39 is 17.6 Å². The number of hydrogen-bond acceptors (Lipinski definition) is 4. The van der Waals surface area contributed by atoms with Gasteiger partial charge in [-0.05, 0) is 31.6 Å². The molecule has 2 rings (SSSR count). The summed E-state index contributed by atoms with van der Waals surface area (Å²) in [6, 6.07) is -0.732. The van der Waals surface area contributed by atoms with Crippen LogP contribution in [0.25, 0.3) is 0 Å². The smallest absolute Gasteiger partial charge is 0.326 e. The molecule has 0 spiro atoms. The molecule has 6 nitrogen and oxygen atoms in total. The maximum Gasteiger partial charge on any atom is 0.326 e. The van der Waals surface area contributed by atoms with Crippen molar-refractivity contribution in [2.75, 3.05) is 19.8 Å². The van der Waals surface area contributed by atoms with Gasteiger partial charge in [0.15, 0.2) is 0 Å². The van der Waals surface area contributed by atoms with Gasteiger partial charge in [-0.2, -0.15) is 0 Å². The SMILES string of the molecule is CCC1CCN(C(=O)C2(N)CCOCC2)C(C(=O)O)C1. The van der Waals surface area contributed by atoms with Gasteiger partial charge in [0.05, 0.1) is 5.54 Å². The Morgan fingerprint density at radius 3 is 2.60 bits per heavy atom. The lowest BCUT2D eigenvalue weighted by Crippen LogP contribution is -2.62. The van der Waals surface area contributed by atoms with Crippen LogP contribution in [0, 0.1) is 5.92 Å². The van der Waals surface area contributed by atoms with Crippen molar-refractivity contribution in [1.82, 2.24) is 4.90 Å². The summed E-state index contributed by atoms with van der Waals surface area (Å²) in [7, 11) is 0. The second-order valence-electron chi connectivity index (χ2n) is 5.92. The van der Waals surface area contributed by atoms with Crippen LogP contribution in [-0.2, 0) is 14.3 Å². The molecule has 2 unspecified atom stereocenters. The minimum absolute atomic E-state index is 0.220. The van der Waals surface area contributed by atoms with Crippen molar-refractivity contribution in [1.29, 1.82) is 0 Å². The van der Waals surface area contributed by atoms with Gasteiger partial charge in [-0.15, -0.1) is 0 Å². The number of hydrogen-bond donors (Lipinski definition) is 2. The van der Waals surface area contributed by atoms with Gasteiger partial charge < -0.3 is 20.5 Å². The standard InChI is InChI=1S/C14H24N2O4/c1-2-10-3-6-16(11(9-10)12(17)18)13(19)14(15)4-7-20-8-5-14/h10-11H,2-9,15H2,1H3,(H,17,18). The number of likely N-dealkylation sites (tertiary alicyclic amines) is 1. The number of aliphatic carboxylic acids is 1. The predicted octanol–water partition coefficient (Wildman–Crippen LogP) is 0.596. The molecule has 2 fully saturated rings. The van der Waals surface area contributed by atoms with E-state index in [9.17, 15) is 14.7 Å². The second-order valence-corrected chi connectivity index (χ2v) is 5.92. The van der Waals surface area contributed by atoms with Gasteiger partial charge >= 0.3 is 5.97 Å². The molecular weight excluding hydrogens is 260 g/mol. The summed E-state index contributed by atoms with van der Waals surface area (Å²) >= 11 is 0. The molecule has 0 radical (unpaired) electrons. The van der Waals surface area contributed by atoms with Crippen LogP contribution < -0.4 is 5.73 Å². The summed E-state index contributed by atoms with van der Waals surface area (Å²) in [6.45, 7) is 3.48. The number of rotatable bonds is 3. The maximum atomic E-state index is 12.7. The van der Waals surface area contributed by atoms with E-state index in [1.165, 1.54) is 4.90 Å². The third-order valence-electron chi connectivity index (χ3n) is 4.65. The fourth-order valence-electron chi connectivity index (χ4n) is 3.12. The first-order valence-corrected chi connectivity index (χ1v) is 7.38. The number of carbonyl (C=O) groups is 2. The molecule has 20 heavy (non-hydrogen) atoms. The lowest BCUT2D eigenvalue weighted by molar-refractivity contribution is -0.157. The Morgan fingerprint density at radius 1 is 1.40 bits per heavy atom. The first-order chi connectivity index (χ1) is 9.48. The average Bonchev–Trinajstić information content (AvgIpc) is 2.46. The number of carboxylic acid groups (broad SMARTS) is 1. The Balaban J connectivity index is 2.12. The predicted molar refractivity (Wildman–Crippen MR) is 73.1 cm³/mol.